The van der Waals surface area contributed by atoms with Crippen molar-refractivity contribution in [2.75, 3.05) is 13.1 Å². The van der Waals surface area contributed by atoms with Crippen LogP contribution in [0.5, 0.6) is 0 Å². The lowest BCUT2D eigenvalue weighted by molar-refractivity contribution is -0.123. The number of rotatable bonds is 5. The largest absolute Gasteiger partial charge is 0.354 e. The second kappa shape index (κ2) is 7.35. The molecular formula is C13H17IN2O2. The van der Waals surface area contributed by atoms with Gasteiger partial charge in [-0.1, -0.05) is 13.8 Å². The Bertz CT molecular complexity index is 416. The van der Waals surface area contributed by atoms with Gasteiger partial charge in [0.15, 0.2) is 0 Å². The Labute approximate surface area is 121 Å². The number of nitrogens with one attached hydrogen (secondary N) is 2. The summed E-state index contributed by atoms with van der Waals surface area (Å²) in [5, 5.41) is 5.50. The number of carbonyl (C=O) groups is 2. The van der Waals surface area contributed by atoms with Crippen LogP contribution in [-0.2, 0) is 4.79 Å². The normalized spacial score (nSPS) is 10.2. The Morgan fingerprint density at radius 3 is 2.22 bits per heavy atom. The number of benzene rings is 1. The van der Waals surface area contributed by atoms with Crippen LogP contribution in [0.3, 0.4) is 0 Å². The molecule has 0 heterocycles. The number of hydrogen-bond acceptors (Lipinski definition) is 2. The van der Waals surface area contributed by atoms with Crippen LogP contribution in [0.15, 0.2) is 24.3 Å². The molecule has 98 valence electrons. The number of carbonyl (C=O) groups excluding carboxylic acids is 2. The van der Waals surface area contributed by atoms with Gasteiger partial charge in [0, 0.05) is 28.1 Å². The van der Waals surface area contributed by atoms with E-state index in [-0.39, 0.29) is 17.7 Å². The van der Waals surface area contributed by atoms with Crippen molar-refractivity contribution in [3.05, 3.63) is 33.4 Å². The molecule has 0 saturated heterocycles. The third-order valence-corrected chi connectivity index (χ3v) is 3.06. The summed E-state index contributed by atoms with van der Waals surface area (Å²) in [5.41, 5.74) is 0.630. The highest BCUT2D eigenvalue weighted by molar-refractivity contribution is 14.1. The fraction of sp³-hybridized carbons (Fsp3) is 0.385. The maximum absolute atomic E-state index is 11.7. The van der Waals surface area contributed by atoms with Crippen molar-refractivity contribution in [1.29, 1.82) is 0 Å². The van der Waals surface area contributed by atoms with Crippen molar-refractivity contribution >= 4 is 34.4 Å². The molecule has 0 spiro atoms. The van der Waals surface area contributed by atoms with Gasteiger partial charge < -0.3 is 10.6 Å². The summed E-state index contributed by atoms with van der Waals surface area (Å²) in [6.07, 6.45) is 0. The Morgan fingerprint density at radius 2 is 1.67 bits per heavy atom. The van der Waals surface area contributed by atoms with Crippen LogP contribution in [0.25, 0.3) is 0 Å². The van der Waals surface area contributed by atoms with Crippen LogP contribution in [0, 0.1) is 9.49 Å². The molecule has 0 saturated carbocycles. The minimum absolute atomic E-state index is 0.00138. The van der Waals surface area contributed by atoms with E-state index < -0.39 is 0 Å². The fourth-order valence-corrected chi connectivity index (χ4v) is 1.63. The first-order valence-electron chi connectivity index (χ1n) is 5.82. The summed E-state index contributed by atoms with van der Waals surface area (Å²) in [7, 11) is 0. The number of amides is 2. The van der Waals surface area contributed by atoms with E-state index in [1.54, 1.807) is 12.1 Å². The first kappa shape index (κ1) is 14.9. The topological polar surface area (TPSA) is 58.2 Å². The average Bonchev–Trinajstić information content (AvgIpc) is 2.34. The molecule has 0 fully saturated rings. The fourth-order valence-electron chi connectivity index (χ4n) is 1.27. The first-order chi connectivity index (χ1) is 8.50. The predicted molar refractivity (Wildman–Crippen MR) is 79.3 cm³/mol. The van der Waals surface area contributed by atoms with Crippen LogP contribution >= 0.6 is 22.6 Å². The lowest BCUT2D eigenvalue weighted by Gasteiger charge is -2.08. The third kappa shape index (κ3) is 5.03. The lowest BCUT2D eigenvalue weighted by Crippen LogP contribution is -2.36. The minimum atomic E-state index is -0.120. The Morgan fingerprint density at radius 1 is 1.11 bits per heavy atom. The molecule has 0 bridgehead atoms. The molecule has 0 aliphatic heterocycles. The van der Waals surface area contributed by atoms with Crippen LogP contribution < -0.4 is 10.6 Å². The zero-order valence-corrected chi connectivity index (χ0v) is 12.7. The maximum Gasteiger partial charge on any atom is 0.251 e. The van der Waals surface area contributed by atoms with Crippen molar-refractivity contribution < 1.29 is 9.59 Å². The molecule has 0 atom stereocenters. The molecule has 0 unspecified atom stereocenters. The van der Waals surface area contributed by atoms with E-state index in [1.807, 2.05) is 26.0 Å². The SMILES string of the molecule is CC(C)C(=O)NCCNC(=O)c1ccc(I)cc1. The lowest BCUT2D eigenvalue weighted by atomic mass is 10.2. The third-order valence-electron chi connectivity index (χ3n) is 2.34. The highest BCUT2D eigenvalue weighted by Crippen LogP contribution is 2.06. The molecule has 0 aliphatic rings. The van der Waals surface area contributed by atoms with Gasteiger partial charge in [0.25, 0.3) is 5.91 Å². The molecule has 5 heteroatoms. The highest BCUT2D eigenvalue weighted by Gasteiger charge is 2.06. The maximum atomic E-state index is 11.7. The van der Waals surface area contributed by atoms with Crippen LogP contribution in [0.1, 0.15) is 24.2 Å². The van der Waals surface area contributed by atoms with Crippen molar-refractivity contribution in [3.63, 3.8) is 0 Å². The van der Waals surface area contributed by atoms with E-state index in [0.29, 0.717) is 18.7 Å². The van der Waals surface area contributed by atoms with Crippen LogP contribution in [-0.4, -0.2) is 24.9 Å². The molecule has 1 rings (SSSR count). The summed E-state index contributed by atoms with van der Waals surface area (Å²) in [6, 6.07) is 7.33. The van der Waals surface area contributed by atoms with Crippen molar-refractivity contribution in [2.45, 2.75) is 13.8 Å². The molecule has 0 aliphatic carbocycles. The quantitative estimate of drug-likeness (QED) is 0.622. The summed E-state index contributed by atoms with van der Waals surface area (Å²) < 4.78 is 1.09. The van der Waals surface area contributed by atoms with Crippen LogP contribution in [0.2, 0.25) is 0 Å². The molecule has 18 heavy (non-hydrogen) atoms. The molecule has 1 aromatic carbocycles. The van der Waals surface area contributed by atoms with E-state index >= 15 is 0 Å². The Kier molecular flexibility index (Phi) is 6.11. The molecule has 0 aromatic heterocycles. The van der Waals surface area contributed by atoms with E-state index in [1.165, 1.54) is 0 Å². The summed E-state index contributed by atoms with van der Waals surface area (Å²) in [6.45, 7) is 4.55. The van der Waals surface area contributed by atoms with Gasteiger partial charge >= 0.3 is 0 Å². The van der Waals surface area contributed by atoms with Crippen LogP contribution in [0.4, 0.5) is 0 Å². The Balaban J connectivity index is 2.29. The zero-order valence-electron chi connectivity index (χ0n) is 10.5. The molecule has 1 aromatic rings. The zero-order chi connectivity index (χ0) is 13.5. The van der Waals surface area contributed by atoms with Gasteiger partial charge in [-0.15, -0.1) is 0 Å². The van der Waals surface area contributed by atoms with Gasteiger partial charge in [-0.25, -0.2) is 0 Å². The molecule has 2 N–H and O–H groups in total. The summed E-state index contributed by atoms with van der Waals surface area (Å²) >= 11 is 2.19. The molecular weight excluding hydrogens is 343 g/mol. The second-order valence-corrected chi connectivity index (χ2v) is 5.45. The van der Waals surface area contributed by atoms with E-state index in [2.05, 4.69) is 33.2 Å². The van der Waals surface area contributed by atoms with Gasteiger partial charge in [0.1, 0.15) is 0 Å². The van der Waals surface area contributed by atoms with Gasteiger partial charge in [-0.05, 0) is 46.9 Å². The molecule has 0 radical (unpaired) electrons. The standard InChI is InChI=1S/C13H17IN2O2/c1-9(2)12(17)15-7-8-16-13(18)10-3-5-11(14)6-4-10/h3-6,9H,7-8H2,1-2H3,(H,15,17)(H,16,18). The van der Waals surface area contributed by atoms with Gasteiger partial charge in [0.05, 0.1) is 0 Å². The van der Waals surface area contributed by atoms with E-state index in [9.17, 15) is 9.59 Å². The summed E-state index contributed by atoms with van der Waals surface area (Å²) in [5.74, 6) is -0.152. The first-order valence-corrected chi connectivity index (χ1v) is 6.90. The monoisotopic (exact) mass is 360 g/mol. The second-order valence-electron chi connectivity index (χ2n) is 4.21. The van der Waals surface area contributed by atoms with Gasteiger partial charge in [-0.3, -0.25) is 9.59 Å². The highest BCUT2D eigenvalue weighted by atomic mass is 127. The van der Waals surface area contributed by atoms with E-state index in [4.69, 9.17) is 0 Å². The summed E-state index contributed by atoms with van der Waals surface area (Å²) in [4.78, 5) is 23.0. The number of halogens is 1. The van der Waals surface area contributed by atoms with E-state index in [0.717, 1.165) is 3.57 Å². The smallest absolute Gasteiger partial charge is 0.251 e. The molecule has 2 amide bonds. The Hall–Kier alpha value is -1.11. The van der Waals surface area contributed by atoms with Gasteiger partial charge in [-0.2, -0.15) is 0 Å². The van der Waals surface area contributed by atoms with Crippen molar-refractivity contribution in [3.8, 4) is 0 Å². The molecule has 4 nitrogen and oxygen atoms in total. The van der Waals surface area contributed by atoms with Gasteiger partial charge in [0.2, 0.25) is 5.91 Å². The number of hydrogen-bond donors (Lipinski definition) is 2. The predicted octanol–water partition coefficient (Wildman–Crippen LogP) is 1.79. The van der Waals surface area contributed by atoms with Crippen molar-refractivity contribution in [2.24, 2.45) is 5.92 Å². The minimum Gasteiger partial charge on any atom is -0.354 e. The van der Waals surface area contributed by atoms with Crippen molar-refractivity contribution in [1.82, 2.24) is 10.6 Å². The average molecular weight is 360 g/mol.